The van der Waals surface area contributed by atoms with Crippen LogP contribution in [0.15, 0.2) is 18.2 Å². The molecular weight excluding hydrogens is 198 g/mol. The standard InChI is InChI=1S/C10H13NO4/c1-11-10(14)7-2-3-9(8(13)6-7)15-5-4-12/h2-3,6,12-13H,4-5H2,1H3,(H,11,14). The smallest absolute Gasteiger partial charge is 0.251 e. The number of phenols is 1. The van der Waals surface area contributed by atoms with Gasteiger partial charge in [0.1, 0.15) is 6.61 Å². The van der Waals surface area contributed by atoms with Gasteiger partial charge in [0, 0.05) is 12.6 Å². The van der Waals surface area contributed by atoms with Crippen LogP contribution in [-0.2, 0) is 0 Å². The maximum absolute atomic E-state index is 11.2. The zero-order valence-corrected chi connectivity index (χ0v) is 8.36. The molecule has 1 aromatic carbocycles. The monoisotopic (exact) mass is 211 g/mol. The zero-order chi connectivity index (χ0) is 11.3. The van der Waals surface area contributed by atoms with E-state index >= 15 is 0 Å². The highest BCUT2D eigenvalue weighted by Crippen LogP contribution is 2.26. The van der Waals surface area contributed by atoms with Gasteiger partial charge in [-0.1, -0.05) is 0 Å². The van der Waals surface area contributed by atoms with Crippen molar-refractivity contribution in [2.75, 3.05) is 20.3 Å². The molecule has 0 unspecified atom stereocenters. The molecule has 0 saturated carbocycles. The van der Waals surface area contributed by atoms with Gasteiger partial charge in [-0.2, -0.15) is 0 Å². The van der Waals surface area contributed by atoms with Gasteiger partial charge in [0.25, 0.3) is 5.91 Å². The van der Waals surface area contributed by atoms with Crippen molar-refractivity contribution in [1.29, 1.82) is 0 Å². The lowest BCUT2D eigenvalue weighted by Crippen LogP contribution is -2.17. The van der Waals surface area contributed by atoms with E-state index in [4.69, 9.17) is 9.84 Å². The van der Waals surface area contributed by atoms with E-state index in [0.717, 1.165) is 0 Å². The van der Waals surface area contributed by atoms with E-state index in [1.807, 2.05) is 0 Å². The Morgan fingerprint density at radius 3 is 2.80 bits per heavy atom. The second-order valence-electron chi connectivity index (χ2n) is 2.83. The number of nitrogens with one attached hydrogen (secondary N) is 1. The Kier molecular flexibility index (Phi) is 3.93. The minimum absolute atomic E-state index is 0.104. The Morgan fingerprint density at radius 2 is 2.27 bits per heavy atom. The Hall–Kier alpha value is -1.75. The highest BCUT2D eigenvalue weighted by molar-refractivity contribution is 5.94. The number of hydrogen-bond donors (Lipinski definition) is 3. The van der Waals surface area contributed by atoms with Crippen LogP contribution < -0.4 is 10.1 Å². The minimum Gasteiger partial charge on any atom is -0.504 e. The van der Waals surface area contributed by atoms with Crippen molar-refractivity contribution in [3.05, 3.63) is 23.8 Å². The van der Waals surface area contributed by atoms with Crippen LogP contribution in [0.3, 0.4) is 0 Å². The van der Waals surface area contributed by atoms with E-state index in [2.05, 4.69) is 5.32 Å². The molecule has 82 valence electrons. The number of hydrogen-bond acceptors (Lipinski definition) is 4. The third-order valence-corrected chi connectivity index (χ3v) is 1.80. The molecule has 0 atom stereocenters. The SMILES string of the molecule is CNC(=O)c1ccc(OCCO)c(O)c1. The van der Waals surface area contributed by atoms with Crippen LogP contribution in [0.4, 0.5) is 0 Å². The predicted molar refractivity (Wildman–Crippen MR) is 54.1 cm³/mol. The molecule has 0 aromatic heterocycles. The quantitative estimate of drug-likeness (QED) is 0.661. The first kappa shape index (κ1) is 11.3. The number of rotatable bonds is 4. The molecule has 1 rings (SSSR count). The Morgan fingerprint density at radius 1 is 1.53 bits per heavy atom. The highest BCUT2D eigenvalue weighted by Gasteiger charge is 2.08. The van der Waals surface area contributed by atoms with Crippen molar-refractivity contribution in [2.45, 2.75) is 0 Å². The van der Waals surface area contributed by atoms with Gasteiger partial charge in [0.05, 0.1) is 6.61 Å². The van der Waals surface area contributed by atoms with Crippen LogP contribution in [-0.4, -0.2) is 36.4 Å². The molecule has 3 N–H and O–H groups in total. The summed E-state index contributed by atoms with van der Waals surface area (Å²) in [5.74, 6) is -0.153. The van der Waals surface area contributed by atoms with Crippen molar-refractivity contribution in [2.24, 2.45) is 0 Å². The summed E-state index contributed by atoms with van der Waals surface area (Å²) in [5.41, 5.74) is 0.353. The number of benzene rings is 1. The fraction of sp³-hybridized carbons (Fsp3) is 0.300. The number of phenolic OH excluding ortho intramolecular Hbond substituents is 1. The normalized spacial score (nSPS) is 9.73. The number of carbonyl (C=O) groups is 1. The fourth-order valence-electron chi connectivity index (χ4n) is 1.08. The maximum atomic E-state index is 11.2. The molecule has 1 aromatic rings. The van der Waals surface area contributed by atoms with Gasteiger partial charge in [0.15, 0.2) is 11.5 Å². The summed E-state index contributed by atoms with van der Waals surface area (Å²) in [6.45, 7) is -0.0243. The Balaban J connectivity index is 2.83. The van der Waals surface area contributed by atoms with Gasteiger partial charge in [-0.05, 0) is 18.2 Å². The molecule has 0 heterocycles. The Bertz CT molecular complexity index is 351. The molecule has 15 heavy (non-hydrogen) atoms. The molecule has 0 fully saturated rings. The third kappa shape index (κ3) is 2.85. The molecule has 0 aliphatic heterocycles. The summed E-state index contributed by atoms with van der Waals surface area (Å²) in [6, 6.07) is 4.33. The molecule has 0 saturated heterocycles. The van der Waals surface area contributed by atoms with Crippen molar-refractivity contribution < 1.29 is 19.7 Å². The second kappa shape index (κ2) is 5.21. The van der Waals surface area contributed by atoms with E-state index in [1.165, 1.54) is 25.2 Å². The van der Waals surface area contributed by atoms with Crippen molar-refractivity contribution in [3.8, 4) is 11.5 Å². The van der Waals surface area contributed by atoms with E-state index in [0.29, 0.717) is 5.56 Å². The number of aliphatic hydroxyl groups is 1. The average Bonchev–Trinajstić information content (AvgIpc) is 2.26. The molecule has 5 heteroatoms. The summed E-state index contributed by atoms with van der Waals surface area (Å²) >= 11 is 0. The van der Waals surface area contributed by atoms with E-state index in [9.17, 15) is 9.90 Å². The topological polar surface area (TPSA) is 78.8 Å². The van der Waals surface area contributed by atoms with Crippen LogP contribution in [0.1, 0.15) is 10.4 Å². The summed E-state index contributed by atoms with van der Waals surface area (Å²) in [4.78, 5) is 11.2. The molecular formula is C10H13NO4. The lowest BCUT2D eigenvalue weighted by Gasteiger charge is -2.07. The van der Waals surface area contributed by atoms with Gasteiger partial charge < -0.3 is 20.3 Å². The van der Waals surface area contributed by atoms with Gasteiger partial charge >= 0.3 is 0 Å². The lowest BCUT2D eigenvalue weighted by atomic mass is 10.2. The molecule has 0 bridgehead atoms. The summed E-state index contributed by atoms with van der Waals surface area (Å²) in [7, 11) is 1.51. The van der Waals surface area contributed by atoms with E-state index in [-0.39, 0.29) is 30.6 Å². The second-order valence-corrected chi connectivity index (χ2v) is 2.83. The number of amides is 1. The minimum atomic E-state index is -0.279. The van der Waals surface area contributed by atoms with Crippen LogP contribution in [0, 0.1) is 0 Å². The number of aromatic hydroxyl groups is 1. The molecule has 5 nitrogen and oxygen atoms in total. The number of ether oxygens (including phenoxy) is 1. The van der Waals surface area contributed by atoms with Crippen LogP contribution in [0.25, 0.3) is 0 Å². The number of aliphatic hydroxyl groups excluding tert-OH is 1. The molecule has 0 radical (unpaired) electrons. The van der Waals surface area contributed by atoms with Crippen molar-refractivity contribution in [3.63, 3.8) is 0 Å². The van der Waals surface area contributed by atoms with Gasteiger partial charge in [-0.15, -0.1) is 0 Å². The van der Waals surface area contributed by atoms with Crippen molar-refractivity contribution in [1.82, 2.24) is 5.32 Å². The average molecular weight is 211 g/mol. The van der Waals surface area contributed by atoms with E-state index < -0.39 is 0 Å². The molecule has 0 spiro atoms. The van der Waals surface area contributed by atoms with Gasteiger partial charge in [0.2, 0.25) is 0 Å². The van der Waals surface area contributed by atoms with Gasteiger partial charge in [-0.3, -0.25) is 4.79 Å². The van der Waals surface area contributed by atoms with Gasteiger partial charge in [-0.25, -0.2) is 0 Å². The highest BCUT2D eigenvalue weighted by atomic mass is 16.5. The van der Waals surface area contributed by atoms with Crippen LogP contribution in [0.5, 0.6) is 11.5 Å². The first-order chi connectivity index (χ1) is 7.19. The summed E-state index contributed by atoms with van der Waals surface area (Å²) in [5, 5.41) is 20.4. The first-order valence-corrected chi connectivity index (χ1v) is 4.47. The molecule has 0 aliphatic carbocycles. The zero-order valence-electron chi connectivity index (χ0n) is 8.36. The lowest BCUT2D eigenvalue weighted by molar-refractivity contribution is 0.0962. The van der Waals surface area contributed by atoms with Crippen LogP contribution in [0.2, 0.25) is 0 Å². The van der Waals surface area contributed by atoms with E-state index in [1.54, 1.807) is 0 Å². The Labute approximate surface area is 87.3 Å². The third-order valence-electron chi connectivity index (χ3n) is 1.80. The van der Waals surface area contributed by atoms with Crippen molar-refractivity contribution >= 4 is 5.91 Å². The number of carbonyl (C=O) groups excluding carboxylic acids is 1. The first-order valence-electron chi connectivity index (χ1n) is 4.47. The maximum Gasteiger partial charge on any atom is 0.251 e. The fourth-order valence-corrected chi connectivity index (χ4v) is 1.08. The summed E-state index contributed by atoms with van der Waals surface area (Å²) < 4.78 is 5.02. The van der Waals surface area contributed by atoms with Crippen LogP contribution >= 0.6 is 0 Å². The molecule has 0 aliphatic rings. The molecule has 1 amide bonds. The predicted octanol–water partition coefficient (Wildman–Crippen LogP) is 0.123. The largest absolute Gasteiger partial charge is 0.504 e. The summed E-state index contributed by atoms with van der Waals surface area (Å²) in [6.07, 6.45) is 0.